The normalized spacial score (nSPS) is 18.0. The van der Waals surface area contributed by atoms with E-state index in [1.807, 2.05) is 7.05 Å². The van der Waals surface area contributed by atoms with Gasteiger partial charge in [-0.3, -0.25) is 0 Å². The van der Waals surface area contributed by atoms with Gasteiger partial charge < -0.3 is 0 Å². The Morgan fingerprint density at radius 2 is 2.57 bits per heavy atom. The Bertz CT molecular complexity index is 128. The van der Waals surface area contributed by atoms with Crippen molar-refractivity contribution in [1.82, 2.24) is 10.1 Å². The molecule has 0 fully saturated rings. The molecular weight excluding hydrogens is 112 g/mol. The Morgan fingerprint density at radius 1 is 1.86 bits per heavy atom. The molecule has 1 heterocycles. The fourth-order valence-electron chi connectivity index (χ4n) is 0.391. The number of halogens is 1. The highest BCUT2D eigenvalue weighted by Crippen LogP contribution is 2.00. The molecule has 0 atom stereocenters. The Balaban J connectivity index is 2.69. The summed E-state index contributed by atoms with van der Waals surface area (Å²) < 4.78 is 0. The predicted octanol–water partition coefficient (Wildman–Crippen LogP) is 0.334. The predicted molar refractivity (Wildman–Crippen MR) is 29.9 cm³/mol. The van der Waals surface area contributed by atoms with E-state index in [0.29, 0.717) is 5.03 Å². The first-order valence-corrected chi connectivity index (χ1v) is 2.31. The van der Waals surface area contributed by atoms with Gasteiger partial charge in [0.25, 0.3) is 6.21 Å². The van der Waals surface area contributed by atoms with Gasteiger partial charge >= 0.3 is 0 Å². The Kier molecular flexibility index (Phi) is 1.02. The average Bonchev–Trinajstić information content (AvgIpc) is 1.87. The van der Waals surface area contributed by atoms with Crippen LogP contribution in [0.1, 0.15) is 0 Å². The summed E-state index contributed by atoms with van der Waals surface area (Å²) in [6.45, 7) is 0. The Labute approximate surface area is 47.1 Å². The topological polar surface area (TPSA) is 17.3 Å². The molecule has 37 valence electrons. The largest absolute Gasteiger partial charge is 0.295 e. The summed E-state index contributed by atoms with van der Waals surface area (Å²) in [6, 6.07) is 0. The molecule has 0 amide bonds. The monoisotopic (exact) mass is 116 g/mol. The lowest BCUT2D eigenvalue weighted by molar-refractivity contribution is 0.443. The Hall–Kier alpha value is -0.500. The van der Waals surface area contributed by atoms with E-state index in [4.69, 9.17) is 11.6 Å². The first-order chi connectivity index (χ1) is 3.29. The van der Waals surface area contributed by atoms with Crippen LogP contribution >= 0.6 is 11.6 Å². The summed E-state index contributed by atoms with van der Waals surface area (Å²) in [4.78, 5) is 0. The second-order valence-corrected chi connectivity index (χ2v) is 1.77. The lowest BCUT2D eigenvalue weighted by atomic mass is 10.7. The van der Waals surface area contributed by atoms with Crippen molar-refractivity contribution in [2.45, 2.75) is 0 Å². The van der Waals surface area contributed by atoms with Crippen LogP contribution in [-0.2, 0) is 0 Å². The smallest absolute Gasteiger partial charge is 0.0977 e. The third kappa shape index (κ3) is 0.933. The van der Waals surface area contributed by atoms with Crippen LogP contribution in [0, 0.1) is 0 Å². The van der Waals surface area contributed by atoms with Gasteiger partial charge in [-0.25, -0.2) is 0 Å². The molecule has 1 aliphatic heterocycles. The van der Waals surface area contributed by atoms with Crippen LogP contribution in [0.15, 0.2) is 11.2 Å². The molecule has 0 bridgehead atoms. The van der Waals surface area contributed by atoms with Crippen molar-refractivity contribution >= 4 is 17.8 Å². The molecule has 3 heteroatoms. The van der Waals surface area contributed by atoms with Crippen molar-refractivity contribution in [3.8, 4) is 0 Å². The molecule has 0 unspecified atom stereocenters. The van der Waals surface area contributed by atoms with E-state index in [1.165, 1.54) is 0 Å². The standard InChI is InChI=1S/C4H5ClN2/c1-7-3-4(5)2-6-7/h2-3H,1H3/q+1. The maximum Gasteiger partial charge on any atom is 0.295 e. The van der Waals surface area contributed by atoms with Crippen molar-refractivity contribution in [2.24, 2.45) is 0 Å². The van der Waals surface area contributed by atoms with Crippen LogP contribution in [0.2, 0.25) is 0 Å². The van der Waals surface area contributed by atoms with Crippen molar-refractivity contribution < 1.29 is 0 Å². The molecule has 0 saturated carbocycles. The minimum Gasteiger partial charge on any atom is -0.0977 e. The van der Waals surface area contributed by atoms with Gasteiger partial charge in [-0.05, 0) is 0 Å². The first kappa shape index (κ1) is 4.65. The molecular formula is C4H5ClN2+. The second-order valence-electron chi connectivity index (χ2n) is 1.33. The summed E-state index contributed by atoms with van der Waals surface area (Å²) in [7, 11) is 1.83. The van der Waals surface area contributed by atoms with Crippen LogP contribution in [0.3, 0.4) is 0 Å². The van der Waals surface area contributed by atoms with Gasteiger partial charge in [-0.1, -0.05) is 16.6 Å². The molecule has 0 N–H and O–H groups in total. The van der Waals surface area contributed by atoms with Gasteiger partial charge in [-0.2, -0.15) is 0 Å². The fraction of sp³-hybridized carbons (Fsp3) is 0.250. The third-order valence-electron chi connectivity index (χ3n) is 0.673. The highest BCUT2D eigenvalue weighted by molar-refractivity contribution is 6.39. The zero-order chi connectivity index (χ0) is 5.28. The molecule has 0 aromatic heterocycles. The third-order valence-corrected chi connectivity index (χ3v) is 0.869. The molecule has 0 saturated heterocycles. The van der Waals surface area contributed by atoms with Crippen molar-refractivity contribution in [2.75, 3.05) is 7.05 Å². The lowest BCUT2D eigenvalue weighted by Crippen LogP contribution is -2.07. The average molecular weight is 117 g/mol. The number of hydrazone groups is 1. The van der Waals surface area contributed by atoms with Gasteiger partial charge in [-0.15, -0.1) is 0 Å². The number of nitrogens with zero attached hydrogens (tertiary/aromatic N) is 2. The summed E-state index contributed by atoms with van der Waals surface area (Å²) in [5.41, 5.74) is 0. The maximum atomic E-state index is 5.48. The number of hydrogen-bond acceptors (Lipinski definition) is 2. The number of allylic oxidation sites excluding steroid dienone is 1. The molecule has 2 nitrogen and oxygen atoms in total. The van der Waals surface area contributed by atoms with E-state index in [2.05, 4.69) is 5.10 Å². The summed E-state index contributed by atoms with van der Waals surface area (Å²) in [5.74, 6) is 0. The van der Waals surface area contributed by atoms with E-state index >= 15 is 0 Å². The number of hydrogen-bond donors (Lipinski definition) is 0. The molecule has 0 aromatic carbocycles. The molecule has 0 spiro atoms. The molecule has 0 aromatic rings. The van der Waals surface area contributed by atoms with Gasteiger partial charge in [0.05, 0.1) is 13.2 Å². The van der Waals surface area contributed by atoms with Gasteiger partial charge in [0.2, 0.25) is 0 Å². The first-order valence-electron chi connectivity index (χ1n) is 1.93. The van der Waals surface area contributed by atoms with E-state index in [0.717, 1.165) is 0 Å². The molecule has 1 radical (unpaired) electrons. The highest BCUT2D eigenvalue weighted by atomic mass is 35.5. The number of rotatable bonds is 0. The van der Waals surface area contributed by atoms with Crippen LogP contribution in [0.25, 0.3) is 0 Å². The quantitative estimate of drug-likeness (QED) is 0.446. The zero-order valence-corrected chi connectivity index (χ0v) is 4.68. The van der Waals surface area contributed by atoms with E-state index in [9.17, 15) is 0 Å². The van der Waals surface area contributed by atoms with Crippen molar-refractivity contribution in [3.05, 3.63) is 11.2 Å². The fourth-order valence-corrected chi connectivity index (χ4v) is 0.576. The van der Waals surface area contributed by atoms with Gasteiger partial charge in [0.15, 0.2) is 5.10 Å². The van der Waals surface area contributed by atoms with Gasteiger partial charge in [0, 0.05) is 0 Å². The summed E-state index contributed by atoms with van der Waals surface area (Å²) in [5, 5.41) is 6.14. The maximum absolute atomic E-state index is 5.48. The highest BCUT2D eigenvalue weighted by Gasteiger charge is 2.10. The lowest BCUT2D eigenvalue weighted by Gasteiger charge is -1.80. The van der Waals surface area contributed by atoms with E-state index in [-0.39, 0.29) is 0 Å². The molecule has 0 aliphatic carbocycles. The molecule has 7 heavy (non-hydrogen) atoms. The van der Waals surface area contributed by atoms with Crippen LogP contribution < -0.4 is 5.10 Å². The minimum absolute atomic E-state index is 0.683. The van der Waals surface area contributed by atoms with E-state index in [1.54, 1.807) is 17.4 Å². The van der Waals surface area contributed by atoms with Crippen molar-refractivity contribution in [1.29, 1.82) is 0 Å². The van der Waals surface area contributed by atoms with Crippen LogP contribution in [0.5, 0.6) is 0 Å². The molecule has 1 aliphatic rings. The summed E-state index contributed by atoms with van der Waals surface area (Å²) in [6.07, 6.45) is 3.34. The SMILES string of the molecule is CN1C=C(Cl)C=[N+]1. The van der Waals surface area contributed by atoms with Crippen LogP contribution in [-0.4, -0.2) is 18.3 Å². The van der Waals surface area contributed by atoms with Gasteiger partial charge in [0.1, 0.15) is 5.03 Å². The Morgan fingerprint density at radius 3 is 2.71 bits per heavy atom. The van der Waals surface area contributed by atoms with E-state index < -0.39 is 0 Å². The zero-order valence-electron chi connectivity index (χ0n) is 3.93. The second kappa shape index (κ2) is 1.54. The van der Waals surface area contributed by atoms with Crippen LogP contribution in [0.4, 0.5) is 0 Å². The molecule has 1 rings (SSSR count). The minimum atomic E-state index is 0.683. The summed E-state index contributed by atoms with van der Waals surface area (Å²) >= 11 is 5.48. The van der Waals surface area contributed by atoms with Crippen molar-refractivity contribution in [3.63, 3.8) is 0 Å².